The van der Waals surface area contributed by atoms with Crippen LogP contribution in [0.1, 0.15) is 18.4 Å². The third kappa shape index (κ3) is 3.61. The van der Waals surface area contributed by atoms with E-state index in [1.165, 1.54) is 4.31 Å². The lowest BCUT2D eigenvalue weighted by Crippen LogP contribution is -2.35. The lowest BCUT2D eigenvalue weighted by molar-refractivity contribution is 0.0495. The molecular formula is C14H20BrNO3S. The lowest BCUT2D eigenvalue weighted by Gasteiger charge is -2.27. The van der Waals surface area contributed by atoms with Gasteiger partial charge in [-0.15, -0.1) is 0 Å². The van der Waals surface area contributed by atoms with Gasteiger partial charge < -0.3 is 4.74 Å². The van der Waals surface area contributed by atoms with Crippen LogP contribution in [0.25, 0.3) is 0 Å². The minimum absolute atomic E-state index is 0.288. The summed E-state index contributed by atoms with van der Waals surface area (Å²) in [6.07, 6.45) is 2.03. The molecule has 1 unspecified atom stereocenters. The smallest absolute Gasteiger partial charge is 0.243 e. The SMILES string of the molecule is Cc1ccc(Br)cc1S(=O)(=O)N(C)CC1CCCOC1. The number of hydrogen-bond donors (Lipinski definition) is 0. The molecule has 1 aromatic carbocycles. The molecule has 1 atom stereocenters. The molecule has 4 nitrogen and oxygen atoms in total. The Morgan fingerprint density at radius 1 is 1.45 bits per heavy atom. The molecule has 2 rings (SSSR count). The zero-order valence-corrected chi connectivity index (χ0v) is 14.2. The maximum atomic E-state index is 12.6. The van der Waals surface area contributed by atoms with Crippen LogP contribution in [0.2, 0.25) is 0 Å². The highest BCUT2D eigenvalue weighted by Gasteiger charge is 2.26. The van der Waals surface area contributed by atoms with Gasteiger partial charge in [0.05, 0.1) is 11.5 Å². The van der Waals surface area contributed by atoms with Crippen LogP contribution >= 0.6 is 15.9 Å². The average molecular weight is 362 g/mol. The Labute approximate surface area is 129 Å². The van der Waals surface area contributed by atoms with Crippen molar-refractivity contribution < 1.29 is 13.2 Å². The Bertz CT molecular complexity index is 568. The van der Waals surface area contributed by atoms with Gasteiger partial charge in [0.25, 0.3) is 0 Å². The van der Waals surface area contributed by atoms with Crippen LogP contribution in [0.15, 0.2) is 27.6 Å². The summed E-state index contributed by atoms with van der Waals surface area (Å²) >= 11 is 3.33. The van der Waals surface area contributed by atoms with Crippen molar-refractivity contribution in [1.82, 2.24) is 4.31 Å². The normalized spacial score (nSPS) is 20.3. The molecule has 112 valence electrons. The number of rotatable bonds is 4. The molecule has 1 heterocycles. The quantitative estimate of drug-likeness (QED) is 0.828. The van der Waals surface area contributed by atoms with Crippen LogP contribution in [0.5, 0.6) is 0 Å². The van der Waals surface area contributed by atoms with Crippen molar-refractivity contribution >= 4 is 26.0 Å². The third-order valence-corrected chi connectivity index (χ3v) is 6.07. The van der Waals surface area contributed by atoms with Crippen molar-refractivity contribution in [3.8, 4) is 0 Å². The molecule has 20 heavy (non-hydrogen) atoms. The van der Waals surface area contributed by atoms with E-state index in [1.807, 2.05) is 19.1 Å². The lowest BCUT2D eigenvalue weighted by atomic mass is 10.0. The van der Waals surface area contributed by atoms with Crippen molar-refractivity contribution in [2.24, 2.45) is 5.92 Å². The molecule has 6 heteroatoms. The summed E-state index contributed by atoms with van der Waals surface area (Å²) in [6, 6.07) is 5.33. The number of aryl methyl sites for hydroxylation is 1. The van der Waals surface area contributed by atoms with Crippen molar-refractivity contribution in [3.63, 3.8) is 0 Å². The van der Waals surface area contributed by atoms with Gasteiger partial charge in [0.1, 0.15) is 0 Å². The summed E-state index contributed by atoms with van der Waals surface area (Å²) in [7, 11) is -1.80. The molecule has 1 aromatic rings. The second-order valence-electron chi connectivity index (χ2n) is 5.28. The number of sulfonamides is 1. The first-order valence-electron chi connectivity index (χ1n) is 6.71. The molecule has 0 bridgehead atoms. The minimum Gasteiger partial charge on any atom is -0.381 e. The maximum Gasteiger partial charge on any atom is 0.243 e. The fraction of sp³-hybridized carbons (Fsp3) is 0.571. The van der Waals surface area contributed by atoms with Gasteiger partial charge >= 0.3 is 0 Å². The van der Waals surface area contributed by atoms with Gasteiger partial charge in [-0.1, -0.05) is 22.0 Å². The van der Waals surface area contributed by atoms with Gasteiger partial charge in [0.15, 0.2) is 0 Å². The molecule has 1 aliphatic heterocycles. The van der Waals surface area contributed by atoms with E-state index in [-0.39, 0.29) is 5.92 Å². The van der Waals surface area contributed by atoms with E-state index < -0.39 is 10.0 Å². The molecule has 0 N–H and O–H groups in total. The Morgan fingerprint density at radius 3 is 2.85 bits per heavy atom. The molecular weight excluding hydrogens is 342 g/mol. The van der Waals surface area contributed by atoms with Crippen LogP contribution < -0.4 is 0 Å². The summed E-state index contributed by atoms with van der Waals surface area (Å²) < 4.78 is 32.9. The highest BCUT2D eigenvalue weighted by atomic mass is 79.9. The van der Waals surface area contributed by atoms with Gasteiger partial charge in [-0.05, 0) is 43.4 Å². The van der Waals surface area contributed by atoms with E-state index in [2.05, 4.69) is 15.9 Å². The zero-order valence-electron chi connectivity index (χ0n) is 11.8. The molecule has 0 aromatic heterocycles. The van der Waals surface area contributed by atoms with E-state index in [0.29, 0.717) is 18.0 Å². The van der Waals surface area contributed by atoms with Gasteiger partial charge in [0, 0.05) is 24.7 Å². The number of benzene rings is 1. The highest BCUT2D eigenvalue weighted by Crippen LogP contribution is 2.24. The number of ether oxygens (including phenoxy) is 1. The van der Waals surface area contributed by atoms with Crippen molar-refractivity contribution in [3.05, 3.63) is 28.2 Å². The molecule has 0 amide bonds. The first-order chi connectivity index (χ1) is 9.41. The first kappa shape index (κ1) is 15.9. The molecule has 1 fully saturated rings. The standard InChI is InChI=1S/C14H20BrNO3S/c1-11-5-6-13(15)8-14(11)20(17,18)16(2)9-12-4-3-7-19-10-12/h5-6,8,12H,3-4,7,9-10H2,1-2H3. The fourth-order valence-electron chi connectivity index (χ4n) is 2.43. The Hall–Kier alpha value is -0.430. The Morgan fingerprint density at radius 2 is 2.20 bits per heavy atom. The average Bonchev–Trinajstić information content (AvgIpc) is 2.42. The van der Waals surface area contributed by atoms with Crippen LogP contribution in [0, 0.1) is 12.8 Å². The second-order valence-corrected chi connectivity index (χ2v) is 8.21. The van der Waals surface area contributed by atoms with Crippen LogP contribution in [0.3, 0.4) is 0 Å². The Balaban J connectivity index is 2.18. The Kier molecular flexibility index (Phi) is 5.23. The summed E-state index contributed by atoms with van der Waals surface area (Å²) in [5.41, 5.74) is 0.764. The van der Waals surface area contributed by atoms with E-state index in [0.717, 1.165) is 29.5 Å². The number of nitrogens with zero attached hydrogens (tertiary/aromatic N) is 1. The highest BCUT2D eigenvalue weighted by molar-refractivity contribution is 9.10. The number of hydrogen-bond acceptors (Lipinski definition) is 3. The molecule has 0 radical (unpaired) electrons. The predicted molar refractivity (Wildman–Crippen MR) is 82.2 cm³/mol. The molecule has 1 saturated heterocycles. The molecule has 0 saturated carbocycles. The minimum atomic E-state index is -3.44. The topological polar surface area (TPSA) is 46.6 Å². The van der Waals surface area contributed by atoms with Crippen LogP contribution in [0.4, 0.5) is 0 Å². The van der Waals surface area contributed by atoms with Gasteiger partial charge in [0.2, 0.25) is 10.0 Å². The van der Waals surface area contributed by atoms with E-state index >= 15 is 0 Å². The predicted octanol–water partition coefficient (Wildman–Crippen LogP) is 2.80. The molecule has 0 aliphatic carbocycles. The van der Waals surface area contributed by atoms with Crippen molar-refractivity contribution in [2.75, 3.05) is 26.8 Å². The first-order valence-corrected chi connectivity index (χ1v) is 8.95. The summed E-state index contributed by atoms with van der Waals surface area (Å²) in [4.78, 5) is 0.367. The largest absolute Gasteiger partial charge is 0.381 e. The van der Waals surface area contributed by atoms with E-state index in [4.69, 9.17) is 4.74 Å². The third-order valence-electron chi connectivity index (χ3n) is 3.61. The summed E-state index contributed by atoms with van der Waals surface area (Å²) in [5, 5.41) is 0. The molecule has 0 spiro atoms. The van der Waals surface area contributed by atoms with Crippen LogP contribution in [-0.2, 0) is 14.8 Å². The fourth-order valence-corrected chi connectivity index (χ4v) is 4.44. The van der Waals surface area contributed by atoms with E-state index in [9.17, 15) is 8.42 Å². The van der Waals surface area contributed by atoms with Crippen molar-refractivity contribution in [1.29, 1.82) is 0 Å². The van der Waals surface area contributed by atoms with Gasteiger partial charge in [-0.25, -0.2) is 12.7 Å². The van der Waals surface area contributed by atoms with Gasteiger partial charge in [-0.3, -0.25) is 0 Å². The summed E-state index contributed by atoms with van der Waals surface area (Å²) in [5.74, 6) is 0.288. The summed E-state index contributed by atoms with van der Waals surface area (Å²) in [6.45, 7) is 3.76. The zero-order chi connectivity index (χ0) is 14.8. The second kappa shape index (κ2) is 6.56. The van der Waals surface area contributed by atoms with Gasteiger partial charge in [-0.2, -0.15) is 0 Å². The van der Waals surface area contributed by atoms with E-state index in [1.54, 1.807) is 13.1 Å². The monoisotopic (exact) mass is 361 g/mol. The van der Waals surface area contributed by atoms with Crippen molar-refractivity contribution in [2.45, 2.75) is 24.7 Å². The maximum absolute atomic E-state index is 12.6. The molecule has 1 aliphatic rings. The number of halogens is 1. The van der Waals surface area contributed by atoms with Crippen LogP contribution in [-0.4, -0.2) is 39.5 Å².